The number of aromatic nitrogens is 2. The van der Waals surface area contributed by atoms with Crippen molar-refractivity contribution in [2.75, 3.05) is 25.5 Å². The Labute approximate surface area is 164 Å². The van der Waals surface area contributed by atoms with E-state index in [9.17, 15) is 4.79 Å². The predicted octanol–water partition coefficient (Wildman–Crippen LogP) is 3.22. The largest absolute Gasteiger partial charge is 0.423 e. The van der Waals surface area contributed by atoms with Gasteiger partial charge in [0, 0.05) is 31.3 Å². The molecule has 6 nitrogen and oxygen atoms in total. The summed E-state index contributed by atoms with van der Waals surface area (Å²) in [4.78, 5) is 13.8. The SMILES string of the molecule is O=C(CCCCl)N1CC(c2nnc([C@H]3NCCCC3c3ccccc3)o2)C1. The summed E-state index contributed by atoms with van der Waals surface area (Å²) in [5.74, 6) is 2.46. The van der Waals surface area contributed by atoms with Gasteiger partial charge in [-0.15, -0.1) is 21.8 Å². The second-order valence-electron chi connectivity index (χ2n) is 7.36. The van der Waals surface area contributed by atoms with Crippen LogP contribution < -0.4 is 5.32 Å². The molecule has 1 amide bonds. The van der Waals surface area contributed by atoms with Gasteiger partial charge in [-0.1, -0.05) is 30.3 Å². The lowest BCUT2D eigenvalue weighted by Gasteiger charge is -2.37. The normalized spacial score (nSPS) is 23.2. The number of hydrogen-bond acceptors (Lipinski definition) is 5. The van der Waals surface area contributed by atoms with Crippen LogP contribution in [0, 0.1) is 0 Å². The first kappa shape index (κ1) is 18.4. The molecule has 2 saturated heterocycles. The van der Waals surface area contributed by atoms with Crippen LogP contribution in [0.15, 0.2) is 34.7 Å². The topological polar surface area (TPSA) is 71.3 Å². The van der Waals surface area contributed by atoms with Crippen LogP contribution in [0.1, 0.15) is 60.9 Å². The van der Waals surface area contributed by atoms with Crippen LogP contribution in [-0.4, -0.2) is 46.5 Å². The van der Waals surface area contributed by atoms with Gasteiger partial charge in [0.15, 0.2) is 0 Å². The summed E-state index contributed by atoms with van der Waals surface area (Å²) in [6, 6.07) is 10.6. The molecule has 2 aromatic rings. The van der Waals surface area contributed by atoms with Crippen LogP contribution in [0.2, 0.25) is 0 Å². The number of nitrogens with one attached hydrogen (secondary N) is 1. The van der Waals surface area contributed by atoms with E-state index < -0.39 is 0 Å². The molecule has 1 N–H and O–H groups in total. The number of piperidine rings is 1. The Bertz CT molecular complexity index is 760. The van der Waals surface area contributed by atoms with E-state index in [-0.39, 0.29) is 17.9 Å². The number of carbonyl (C=O) groups excluding carboxylic acids is 1. The molecule has 2 atom stereocenters. The number of rotatable bonds is 6. The quantitative estimate of drug-likeness (QED) is 0.769. The predicted molar refractivity (Wildman–Crippen MR) is 103 cm³/mol. The molecule has 0 spiro atoms. The lowest BCUT2D eigenvalue weighted by Crippen LogP contribution is -2.48. The first-order chi connectivity index (χ1) is 13.3. The van der Waals surface area contributed by atoms with Gasteiger partial charge in [-0.3, -0.25) is 4.79 Å². The molecule has 2 fully saturated rings. The van der Waals surface area contributed by atoms with Crippen molar-refractivity contribution in [3.05, 3.63) is 47.7 Å². The molecule has 4 rings (SSSR count). The molecule has 1 aromatic carbocycles. The van der Waals surface area contributed by atoms with Gasteiger partial charge in [-0.05, 0) is 31.4 Å². The third kappa shape index (κ3) is 4.01. The summed E-state index contributed by atoms with van der Waals surface area (Å²) >= 11 is 5.66. The summed E-state index contributed by atoms with van der Waals surface area (Å²) in [6.07, 6.45) is 3.47. The van der Waals surface area contributed by atoms with E-state index in [1.807, 2.05) is 11.0 Å². The number of nitrogens with zero attached hydrogens (tertiary/aromatic N) is 3. The zero-order chi connectivity index (χ0) is 18.6. The van der Waals surface area contributed by atoms with Crippen molar-refractivity contribution in [1.29, 1.82) is 0 Å². The standard InChI is InChI=1S/C20H25ClN4O2/c21-10-4-9-17(26)25-12-15(13-25)19-23-24-20(27-19)18-16(8-5-11-22-18)14-6-2-1-3-7-14/h1-3,6-7,15-16,18,22H,4-5,8-13H2/t16?,18-/m0/s1. The molecule has 1 unspecified atom stereocenters. The molecular weight excluding hydrogens is 364 g/mol. The zero-order valence-corrected chi connectivity index (χ0v) is 16.1. The number of halogens is 1. The third-order valence-corrected chi connectivity index (χ3v) is 5.78. The van der Waals surface area contributed by atoms with Crippen molar-refractivity contribution in [2.24, 2.45) is 0 Å². The maximum absolute atomic E-state index is 12.0. The average Bonchev–Trinajstić information content (AvgIpc) is 3.15. The van der Waals surface area contributed by atoms with Gasteiger partial charge in [0.2, 0.25) is 17.7 Å². The highest BCUT2D eigenvalue weighted by atomic mass is 35.5. The van der Waals surface area contributed by atoms with Crippen LogP contribution in [0.3, 0.4) is 0 Å². The van der Waals surface area contributed by atoms with E-state index in [1.165, 1.54) is 5.56 Å². The minimum absolute atomic E-state index is 0.0453. The number of likely N-dealkylation sites (tertiary alicyclic amines) is 1. The summed E-state index contributed by atoms with van der Waals surface area (Å²) in [7, 11) is 0. The fourth-order valence-electron chi connectivity index (χ4n) is 3.96. The van der Waals surface area contributed by atoms with Crippen molar-refractivity contribution < 1.29 is 9.21 Å². The van der Waals surface area contributed by atoms with E-state index in [2.05, 4.69) is 39.8 Å². The fraction of sp³-hybridized carbons (Fsp3) is 0.550. The highest BCUT2D eigenvalue weighted by molar-refractivity contribution is 6.17. The molecule has 0 saturated carbocycles. The summed E-state index contributed by atoms with van der Waals surface area (Å²) < 4.78 is 6.04. The van der Waals surface area contributed by atoms with Crippen LogP contribution in [0.25, 0.3) is 0 Å². The molecule has 0 bridgehead atoms. The van der Waals surface area contributed by atoms with Crippen LogP contribution >= 0.6 is 11.6 Å². The van der Waals surface area contributed by atoms with Crippen LogP contribution in [0.4, 0.5) is 0 Å². The van der Waals surface area contributed by atoms with Crippen LogP contribution in [0.5, 0.6) is 0 Å². The van der Waals surface area contributed by atoms with Crippen molar-refractivity contribution in [3.63, 3.8) is 0 Å². The average molecular weight is 389 g/mol. The molecule has 144 valence electrons. The molecular formula is C20H25ClN4O2. The molecule has 7 heteroatoms. The Balaban J connectivity index is 1.41. The van der Waals surface area contributed by atoms with Gasteiger partial charge in [0.25, 0.3) is 0 Å². The molecule has 27 heavy (non-hydrogen) atoms. The van der Waals surface area contributed by atoms with Crippen molar-refractivity contribution in [3.8, 4) is 0 Å². The Morgan fingerprint density at radius 2 is 2.00 bits per heavy atom. The smallest absolute Gasteiger partial charge is 0.234 e. The maximum atomic E-state index is 12.0. The first-order valence-corrected chi connectivity index (χ1v) is 10.2. The van der Waals surface area contributed by atoms with Crippen molar-refractivity contribution in [2.45, 2.75) is 43.6 Å². The van der Waals surface area contributed by atoms with E-state index in [1.54, 1.807) is 0 Å². The molecule has 0 radical (unpaired) electrons. The van der Waals surface area contributed by atoms with E-state index in [4.69, 9.17) is 16.0 Å². The summed E-state index contributed by atoms with van der Waals surface area (Å²) in [6.45, 7) is 2.27. The van der Waals surface area contributed by atoms with Gasteiger partial charge >= 0.3 is 0 Å². The lowest BCUT2D eigenvalue weighted by molar-refractivity contribution is -0.135. The van der Waals surface area contributed by atoms with E-state index in [0.29, 0.717) is 43.1 Å². The molecule has 1 aromatic heterocycles. The minimum atomic E-state index is 0.0453. The highest BCUT2D eigenvalue weighted by Crippen LogP contribution is 2.37. The monoisotopic (exact) mass is 388 g/mol. The highest BCUT2D eigenvalue weighted by Gasteiger charge is 2.37. The number of hydrogen-bond donors (Lipinski definition) is 1. The maximum Gasteiger partial charge on any atom is 0.234 e. The van der Waals surface area contributed by atoms with E-state index >= 15 is 0 Å². The van der Waals surface area contributed by atoms with Crippen LogP contribution in [-0.2, 0) is 4.79 Å². The Morgan fingerprint density at radius 3 is 2.78 bits per heavy atom. The Kier molecular flexibility index (Phi) is 5.74. The first-order valence-electron chi connectivity index (χ1n) is 9.71. The van der Waals surface area contributed by atoms with Gasteiger partial charge < -0.3 is 14.6 Å². The Hall–Kier alpha value is -1.92. The summed E-state index contributed by atoms with van der Waals surface area (Å²) in [5.41, 5.74) is 1.30. The van der Waals surface area contributed by atoms with E-state index in [0.717, 1.165) is 25.8 Å². The van der Waals surface area contributed by atoms with Gasteiger partial charge in [-0.2, -0.15) is 0 Å². The number of alkyl halides is 1. The number of benzene rings is 1. The third-order valence-electron chi connectivity index (χ3n) is 5.52. The van der Waals surface area contributed by atoms with Crippen molar-refractivity contribution in [1.82, 2.24) is 20.4 Å². The number of amides is 1. The lowest BCUT2D eigenvalue weighted by atomic mass is 9.85. The molecule has 0 aliphatic carbocycles. The fourth-order valence-corrected chi connectivity index (χ4v) is 4.09. The van der Waals surface area contributed by atoms with Gasteiger partial charge in [0.05, 0.1) is 12.0 Å². The Morgan fingerprint density at radius 1 is 1.22 bits per heavy atom. The van der Waals surface area contributed by atoms with Gasteiger partial charge in [0.1, 0.15) is 0 Å². The molecule has 2 aliphatic rings. The zero-order valence-electron chi connectivity index (χ0n) is 15.3. The second-order valence-corrected chi connectivity index (χ2v) is 7.74. The summed E-state index contributed by atoms with van der Waals surface area (Å²) in [5, 5.41) is 12.2. The van der Waals surface area contributed by atoms with Gasteiger partial charge in [-0.25, -0.2) is 0 Å². The van der Waals surface area contributed by atoms with Crippen molar-refractivity contribution >= 4 is 17.5 Å². The molecule has 2 aliphatic heterocycles. The number of carbonyl (C=O) groups is 1. The molecule has 3 heterocycles. The second kappa shape index (κ2) is 8.40. The minimum Gasteiger partial charge on any atom is -0.423 e.